The molecule has 1 rings (SSSR count). The van der Waals surface area contributed by atoms with Gasteiger partial charge < -0.3 is 0 Å². The standard InChI is InChI=1S/C12H18F3S/c1-9-7-6-8-10(2)11(9)16(13,14,15)12(3,4)5/h6-8H,1-5H3. The molecule has 0 spiro atoms. The van der Waals surface area contributed by atoms with Crippen molar-refractivity contribution in [1.82, 2.24) is 0 Å². The summed E-state index contributed by atoms with van der Waals surface area (Å²) in [6, 6.07) is 4.73. The van der Waals surface area contributed by atoms with Gasteiger partial charge in [0.1, 0.15) is 0 Å². The number of hydrogen-bond acceptors (Lipinski definition) is 0. The second kappa shape index (κ2) is 3.42. The zero-order valence-corrected chi connectivity index (χ0v) is 11.1. The van der Waals surface area contributed by atoms with Crippen LogP contribution in [-0.2, 0) is 0 Å². The maximum atomic E-state index is 14.3. The Balaban J connectivity index is 3.61. The van der Waals surface area contributed by atoms with E-state index in [9.17, 15) is 11.7 Å². The molecule has 0 heterocycles. The van der Waals surface area contributed by atoms with Gasteiger partial charge in [-0.1, -0.05) is 18.2 Å². The molecule has 0 saturated carbocycles. The third kappa shape index (κ3) is 1.83. The first-order valence-corrected chi connectivity index (χ1v) is 6.86. The van der Waals surface area contributed by atoms with Gasteiger partial charge in [0.05, 0.1) is 9.64 Å². The zero-order valence-electron chi connectivity index (χ0n) is 10.3. The van der Waals surface area contributed by atoms with Gasteiger partial charge in [-0.2, -0.15) is 0 Å². The summed E-state index contributed by atoms with van der Waals surface area (Å²) in [5.41, 5.74) is 0.647. The Bertz CT molecular complexity index is 390. The maximum absolute atomic E-state index is 14.3. The lowest BCUT2D eigenvalue weighted by molar-refractivity contribution is 0.514. The average molecular weight is 251 g/mol. The van der Waals surface area contributed by atoms with E-state index in [-0.39, 0.29) is 0 Å². The van der Waals surface area contributed by atoms with E-state index in [0.717, 1.165) is 0 Å². The van der Waals surface area contributed by atoms with Crippen molar-refractivity contribution in [2.75, 3.05) is 0 Å². The first kappa shape index (κ1) is 13.4. The van der Waals surface area contributed by atoms with Crippen molar-refractivity contribution in [2.45, 2.75) is 44.3 Å². The van der Waals surface area contributed by atoms with Crippen molar-refractivity contribution >= 4 is 10.3 Å². The van der Waals surface area contributed by atoms with Crippen molar-refractivity contribution < 1.29 is 11.7 Å². The first-order chi connectivity index (χ1) is 6.96. The molecule has 0 atom stereocenters. The molecule has 1 radical (unpaired) electrons. The predicted molar refractivity (Wildman–Crippen MR) is 64.9 cm³/mol. The molecule has 4 heteroatoms. The molecule has 0 amide bonds. The van der Waals surface area contributed by atoms with Crippen LogP contribution < -0.4 is 0 Å². The largest absolute Gasteiger partial charge is 0.150 e. The summed E-state index contributed by atoms with van der Waals surface area (Å²) in [5.74, 6) is 0. The summed E-state index contributed by atoms with van der Waals surface area (Å²) < 4.78 is 41.3. The molecule has 1 aromatic rings. The number of hydrogen-bond donors (Lipinski definition) is 0. The summed E-state index contributed by atoms with van der Waals surface area (Å²) >= 11 is 0. The SMILES string of the molecule is Cc1cccc(C)c1[S](F)(F)(F)C(C)(C)C. The van der Waals surface area contributed by atoms with Gasteiger partial charge >= 0.3 is 0 Å². The van der Waals surface area contributed by atoms with Crippen molar-refractivity contribution in [2.24, 2.45) is 0 Å². The van der Waals surface area contributed by atoms with Gasteiger partial charge in [-0.15, -0.1) is 11.7 Å². The van der Waals surface area contributed by atoms with Gasteiger partial charge in [-0.3, -0.25) is 0 Å². The molecule has 1 aromatic carbocycles. The molecule has 0 aliphatic carbocycles. The lowest BCUT2D eigenvalue weighted by Crippen LogP contribution is -2.27. The molecular weight excluding hydrogens is 233 g/mol. The Labute approximate surface area is 96.0 Å². The summed E-state index contributed by atoms with van der Waals surface area (Å²) in [5, 5.41) is 0. The van der Waals surface area contributed by atoms with E-state index in [1.165, 1.54) is 46.8 Å². The molecule has 0 bridgehead atoms. The van der Waals surface area contributed by atoms with Crippen LogP contribution in [0.1, 0.15) is 31.9 Å². The van der Waals surface area contributed by atoms with Crippen molar-refractivity contribution in [3.8, 4) is 0 Å². The minimum atomic E-state index is -6.08. The topological polar surface area (TPSA) is 0 Å². The Morgan fingerprint density at radius 1 is 0.938 bits per heavy atom. The van der Waals surface area contributed by atoms with Crippen LogP contribution in [0.2, 0.25) is 0 Å². The van der Waals surface area contributed by atoms with Gasteiger partial charge in [0, 0.05) is 0 Å². The Kier molecular flexibility index (Phi) is 2.87. The zero-order chi connectivity index (χ0) is 12.8. The fourth-order valence-corrected chi connectivity index (χ4v) is 3.43. The molecule has 93 valence electrons. The molecule has 0 N–H and O–H groups in total. The van der Waals surface area contributed by atoms with Crippen LogP contribution in [0, 0.1) is 13.8 Å². The van der Waals surface area contributed by atoms with Crippen LogP contribution in [0.3, 0.4) is 0 Å². The van der Waals surface area contributed by atoms with E-state index in [4.69, 9.17) is 0 Å². The number of halogens is 3. The average Bonchev–Trinajstić information content (AvgIpc) is 1.98. The van der Waals surface area contributed by atoms with Crippen LogP contribution in [-0.4, -0.2) is 4.75 Å². The fraction of sp³-hybridized carbons (Fsp3) is 0.500. The maximum Gasteiger partial charge on any atom is 0.150 e. The van der Waals surface area contributed by atoms with Crippen molar-refractivity contribution in [3.63, 3.8) is 0 Å². The molecule has 0 unspecified atom stereocenters. The minimum absolute atomic E-state index is 0.324. The van der Waals surface area contributed by atoms with Gasteiger partial charge in [0.15, 0.2) is 10.3 Å². The van der Waals surface area contributed by atoms with Crippen LogP contribution >= 0.6 is 10.3 Å². The molecule has 16 heavy (non-hydrogen) atoms. The van der Waals surface area contributed by atoms with Crippen molar-refractivity contribution in [3.05, 3.63) is 29.3 Å². The minimum Gasteiger partial charge on any atom is -0.135 e. The molecule has 0 aliphatic rings. The van der Waals surface area contributed by atoms with E-state index >= 15 is 0 Å². The lowest BCUT2D eigenvalue weighted by Gasteiger charge is -2.47. The molecule has 0 saturated heterocycles. The second-order valence-electron chi connectivity index (χ2n) is 5.07. The second-order valence-corrected chi connectivity index (χ2v) is 8.19. The van der Waals surface area contributed by atoms with E-state index in [1.807, 2.05) is 0 Å². The Hall–Kier alpha value is -0.640. The molecular formula is C12H18F3S. The Morgan fingerprint density at radius 2 is 1.31 bits per heavy atom. The van der Waals surface area contributed by atoms with Gasteiger partial charge in [-0.25, -0.2) is 0 Å². The highest BCUT2D eigenvalue weighted by Gasteiger charge is 2.57. The molecule has 0 nitrogen and oxygen atoms in total. The lowest BCUT2D eigenvalue weighted by atomic mass is 10.2. The van der Waals surface area contributed by atoms with E-state index in [0.29, 0.717) is 11.1 Å². The van der Waals surface area contributed by atoms with E-state index < -0.39 is 20.0 Å². The fourth-order valence-electron chi connectivity index (χ4n) is 1.63. The van der Waals surface area contributed by atoms with Crippen LogP contribution in [0.5, 0.6) is 0 Å². The highest BCUT2D eigenvalue weighted by Crippen LogP contribution is 2.88. The summed E-state index contributed by atoms with van der Waals surface area (Å²) in [4.78, 5) is -0.396. The van der Waals surface area contributed by atoms with E-state index in [2.05, 4.69) is 0 Å². The quantitative estimate of drug-likeness (QED) is 0.622. The predicted octanol–water partition coefficient (Wildman–Crippen LogP) is 5.45. The van der Waals surface area contributed by atoms with Crippen LogP contribution in [0.25, 0.3) is 0 Å². The third-order valence-electron chi connectivity index (χ3n) is 2.74. The van der Waals surface area contributed by atoms with Crippen LogP contribution in [0.4, 0.5) is 11.7 Å². The third-order valence-corrected chi connectivity index (χ3v) is 6.05. The van der Waals surface area contributed by atoms with Gasteiger partial charge in [0.2, 0.25) is 0 Å². The molecule has 0 fully saturated rings. The smallest absolute Gasteiger partial charge is 0.135 e. The number of benzene rings is 1. The summed E-state index contributed by atoms with van der Waals surface area (Å²) in [7, 11) is -6.08. The van der Waals surface area contributed by atoms with E-state index in [1.54, 1.807) is 6.07 Å². The highest BCUT2D eigenvalue weighted by molar-refractivity contribution is 8.38. The normalized spacial score (nSPS) is 15.6. The van der Waals surface area contributed by atoms with Gasteiger partial charge in [-0.05, 0) is 45.7 Å². The van der Waals surface area contributed by atoms with Crippen molar-refractivity contribution in [1.29, 1.82) is 0 Å². The number of aryl methyl sites for hydroxylation is 2. The first-order valence-electron chi connectivity index (χ1n) is 5.12. The highest BCUT2D eigenvalue weighted by atomic mass is 32.4. The summed E-state index contributed by atoms with van der Waals surface area (Å²) in [6.45, 7) is 6.81. The number of rotatable bonds is 1. The van der Waals surface area contributed by atoms with Gasteiger partial charge in [0.25, 0.3) is 0 Å². The monoisotopic (exact) mass is 251 g/mol. The Morgan fingerprint density at radius 3 is 1.62 bits per heavy atom. The summed E-state index contributed by atoms with van der Waals surface area (Å²) in [6.07, 6.45) is 0. The van der Waals surface area contributed by atoms with Crippen LogP contribution in [0.15, 0.2) is 23.1 Å². The molecule has 0 aromatic heterocycles. The molecule has 0 aliphatic heterocycles.